The summed E-state index contributed by atoms with van der Waals surface area (Å²) in [5, 5.41) is 0. The highest BCUT2D eigenvalue weighted by molar-refractivity contribution is 5.66. The van der Waals surface area contributed by atoms with Crippen LogP contribution in [0.2, 0.25) is 0 Å². The molecule has 1 aliphatic rings. The molecule has 0 bridgehead atoms. The van der Waals surface area contributed by atoms with Crippen LogP contribution in [0.1, 0.15) is 61.6 Å². The Labute approximate surface area is 259 Å². The molecule has 0 unspecified atom stereocenters. The SMILES string of the molecule is CCCc1cc(F)c(OCC2CCC(c3cc(F)c(-c4cc(F)c(OCc5cc(F)c(F)c(F)c5)c(F)c4)c(F)c3)CC2)c(F)c1. The Balaban J connectivity index is 1.23. The molecule has 1 fully saturated rings. The summed E-state index contributed by atoms with van der Waals surface area (Å²) in [5.41, 5.74) is -0.430. The molecule has 0 aliphatic heterocycles. The van der Waals surface area contributed by atoms with E-state index in [9.17, 15) is 30.7 Å². The van der Waals surface area contributed by atoms with Crippen molar-refractivity contribution in [3.05, 3.63) is 118 Å². The van der Waals surface area contributed by atoms with E-state index in [0.29, 0.717) is 67.5 Å². The molecule has 4 aromatic rings. The third-order valence-electron chi connectivity index (χ3n) is 8.16. The van der Waals surface area contributed by atoms with Gasteiger partial charge in [-0.3, -0.25) is 0 Å². The van der Waals surface area contributed by atoms with E-state index in [1.54, 1.807) is 0 Å². The van der Waals surface area contributed by atoms with Crippen LogP contribution in [0, 0.1) is 58.3 Å². The predicted octanol–water partition coefficient (Wildman–Crippen LogP) is 10.5. The van der Waals surface area contributed by atoms with Crippen LogP contribution in [0.15, 0.2) is 48.5 Å². The second kappa shape index (κ2) is 14.1. The van der Waals surface area contributed by atoms with Crippen molar-refractivity contribution in [1.29, 1.82) is 0 Å². The molecule has 5 rings (SSSR count). The van der Waals surface area contributed by atoms with Crippen LogP contribution < -0.4 is 9.47 Å². The van der Waals surface area contributed by atoms with E-state index >= 15 is 8.78 Å². The van der Waals surface area contributed by atoms with Crippen LogP contribution in [0.3, 0.4) is 0 Å². The first-order valence-corrected chi connectivity index (χ1v) is 14.8. The zero-order valence-electron chi connectivity index (χ0n) is 24.6. The van der Waals surface area contributed by atoms with Gasteiger partial charge in [0, 0.05) is 0 Å². The lowest BCUT2D eigenvalue weighted by Crippen LogP contribution is -2.20. The van der Waals surface area contributed by atoms with Crippen LogP contribution in [-0.4, -0.2) is 6.61 Å². The summed E-state index contributed by atoms with van der Waals surface area (Å²) in [5.74, 6) is -12.6. The molecule has 1 saturated carbocycles. The highest BCUT2D eigenvalue weighted by atomic mass is 19.2. The molecule has 1 aliphatic carbocycles. The molecule has 0 amide bonds. The molecule has 46 heavy (non-hydrogen) atoms. The summed E-state index contributed by atoms with van der Waals surface area (Å²) in [4.78, 5) is 0. The molecular formula is C35H29F9O2. The molecule has 0 radical (unpaired) electrons. The van der Waals surface area contributed by atoms with Gasteiger partial charge in [-0.25, -0.2) is 39.5 Å². The predicted molar refractivity (Wildman–Crippen MR) is 153 cm³/mol. The normalized spacial score (nSPS) is 16.5. The minimum atomic E-state index is -1.71. The quantitative estimate of drug-likeness (QED) is 0.125. The third kappa shape index (κ3) is 7.29. The molecule has 0 saturated heterocycles. The number of aryl methyl sites for hydroxylation is 1. The van der Waals surface area contributed by atoms with Gasteiger partial charge < -0.3 is 9.47 Å². The Morgan fingerprint density at radius 3 is 1.61 bits per heavy atom. The minimum Gasteiger partial charge on any atom is -0.487 e. The van der Waals surface area contributed by atoms with Crippen LogP contribution in [0.25, 0.3) is 11.1 Å². The zero-order chi connectivity index (χ0) is 33.1. The molecule has 0 spiro atoms. The van der Waals surface area contributed by atoms with Gasteiger partial charge in [0.1, 0.15) is 18.2 Å². The first-order valence-electron chi connectivity index (χ1n) is 14.8. The van der Waals surface area contributed by atoms with Crippen molar-refractivity contribution < 1.29 is 49.0 Å². The molecule has 244 valence electrons. The smallest absolute Gasteiger partial charge is 0.194 e. The Morgan fingerprint density at radius 1 is 0.565 bits per heavy atom. The van der Waals surface area contributed by atoms with Gasteiger partial charge in [-0.1, -0.05) is 13.3 Å². The van der Waals surface area contributed by atoms with Gasteiger partial charge in [0.15, 0.2) is 52.2 Å². The molecule has 0 aromatic heterocycles. The van der Waals surface area contributed by atoms with Crippen molar-refractivity contribution >= 4 is 0 Å². The second-order valence-electron chi connectivity index (χ2n) is 11.5. The largest absolute Gasteiger partial charge is 0.487 e. The van der Waals surface area contributed by atoms with E-state index in [2.05, 4.69) is 0 Å². The summed E-state index contributed by atoms with van der Waals surface area (Å²) >= 11 is 0. The topological polar surface area (TPSA) is 18.5 Å². The van der Waals surface area contributed by atoms with Crippen LogP contribution >= 0.6 is 0 Å². The number of ether oxygens (including phenoxy) is 2. The highest BCUT2D eigenvalue weighted by Crippen LogP contribution is 2.40. The molecule has 4 aromatic carbocycles. The lowest BCUT2D eigenvalue weighted by molar-refractivity contribution is 0.187. The first-order chi connectivity index (χ1) is 21.9. The Kier molecular flexibility index (Phi) is 10.2. The monoisotopic (exact) mass is 652 g/mol. The molecular weight excluding hydrogens is 623 g/mol. The van der Waals surface area contributed by atoms with Crippen molar-refractivity contribution in [3.63, 3.8) is 0 Å². The number of hydrogen-bond donors (Lipinski definition) is 0. The van der Waals surface area contributed by atoms with Gasteiger partial charge in [-0.05, 0) is 115 Å². The van der Waals surface area contributed by atoms with Gasteiger partial charge in [-0.15, -0.1) is 0 Å². The van der Waals surface area contributed by atoms with E-state index in [1.165, 1.54) is 12.1 Å². The fourth-order valence-corrected chi connectivity index (χ4v) is 5.84. The molecule has 0 atom stereocenters. The summed E-state index contributed by atoms with van der Waals surface area (Å²) in [6.45, 7) is 1.28. The summed E-state index contributed by atoms with van der Waals surface area (Å²) < 4.78 is 139. The maximum atomic E-state index is 15.2. The van der Waals surface area contributed by atoms with Crippen LogP contribution in [-0.2, 0) is 13.0 Å². The zero-order valence-corrected chi connectivity index (χ0v) is 24.6. The van der Waals surface area contributed by atoms with E-state index in [4.69, 9.17) is 9.47 Å². The molecule has 0 N–H and O–H groups in total. The van der Waals surface area contributed by atoms with Crippen molar-refractivity contribution in [2.45, 2.75) is 58.0 Å². The standard InChI is InChI=1S/C35H29F9O2/c1-2-3-19-8-28(40)34(29(41)9-19)45-16-18-4-6-21(7-5-18)22-12-24(36)32(25(37)13-22)23-14-30(42)35(31(43)15-23)46-17-20-10-26(38)33(44)27(39)11-20/h8-15,18,21H,2-7,16-17H2,1H3. The Morgan fingerprint density at radius 2 is 1.07 bits per heavy atom. The van der Waals surface area contributed by atoms with Crippen molar-refractivity contribution in [2.24, 2.45) is 5.92 Å². The van der Waals surface area contributed by atoms with Crippen molar-refractivity contribution in [3.8, 4) is 22.6 Å². The number of rotatable bonds is 10. The van der Waals surface area contributed by atoms with E-state index in [0.717, 1.165) is 18.6 Å². The van der Waals surface area contributed by atoms with Crippen LogP contribution in [0.5, 0.6) is 11.5 Å². The van der Waals surface area contributed by atoms with E-state index in [-0.39, 0.29) is 24.0 Å². The second-order valence-corrected chi connectivity index (χ2v) is 11.5. The Hall–Kier alpha value is -4.15. The van der Waals surface area contributed by atoms with E-state index in [1.807, 2.05) is 6.92 Å². The lowest BCUT2D eigenvalue weighted by atomic mass is 9.78. The summed E-state index contributed by atoms with van der Waals surface area (Å²) in [7, 11) is 0. The highest BCUT2D eigenvalue weighted by Gasteiger charge is 2.27. The first kappa shape index (κ1) is 33.2. The Bertz CT molecular complexity index is 1640. The molecule has 2 nitrogen and oxygen atoms in total. The minimum absolute atomic E-state index is 0.0212. The van der Waals surface area contributed by atoms with Gasteiger partial charge in [-0.2, -0.15) is 0 Å². The van der Waals surface area contributed by atoms with E-state index < -0.39 is 81.6 Å². The molecule has 0 heterocycles. The molecule has 11 heteroatoms. The average molecular weight is 653 g/mol. The van der Waals surface area contributed by atoms with Crippen LogP contribution in [0.4, 0.5) is 39.5 Å². The van der Waals surface area contributed by atoms with Crippen molar-refractivity contribution in [1.82, 2.24) is 0 Å². The number of hydrogen-bond acceptors (Lipinski definition) is 2. The summed E-state index contributed by atoms with van der Waals surface area (Å²) in [6.07, 6.45) is 3.52. The lowest BCUT2D eigenvalue weighted by Gasteiger charge is -2.29. The number of benzene rings is 4. The van der Waals surface area contributed by atoms with Gasteiger partial charge in [0.05, 0.1) is 12.2 Å². The third-order valence-corrected chi connectivity index (χ3v) is 8.16. The van der Waals surface area contributed by atoms with Gasteiger partial charge in [0.25, 0.3) is 0 Å². The van der Waals surface area contributed by atoms with Gasteiger partial charge >= 0.3 is 0 Å². The maximum Gasteiger partial charge on any atom is 0.194 e. The number of halogens is 9. The van der Waals surface area contributed by atoms with Crippen molar-refractivity contribution in [2.75, 3.05) is 6.61 Å². The maximum absolute atomic E-state index is 15.2. The van der Waals surface area contributed by atoms with Gasteiger partial charge in [0.2, 0.25) is 0 Å². The fourth-order valence-electron chi connectivity index (χ4n) is 5.84. The fraction of sp³-hybridized carbons (Fsp3) is 0.314. The summed E-state index contributed by atoms with van der Waals surface area (Å²) in [6, 6.07) is 7.29. The average Bonchev–Trinajstić information content (AvgIpc) is 2.99.